The molecule has 4 rings (SSSR count). The third-order valence-electron chi connectivity index (χ3n) is 4.72. The van der Waals surface area contributed by atoms with E-state index in [0.29, 0.717) is 13.2 Å². The van der Waals surface area contributed by atoms with Crippen LogP contribution < -0.4 is 4.74 Å². The summed E-state index contributed by atoms with van der Waals surface area (Å²) in [5.74, 6) is 0.763. The standard InChI is InChI=1S/C20H20N2O.C4H8O2/c1-2-5-17(6-3-1)20-11-12-22(21-20)13-14-23-19-10-9-16-7-4-8-18(16)15-19;1-3-6-4(2)5/h1-3,5-6,9-12,15H,4,7-8,13-14H2;3H2,1-2H3. The molecule has 0 atom stereocenters. The number of hydrogen-bond donors (Lipinski definition) is 0. The average molecular weight is 392 g/mol. The Labute approximate surface area is 172 Å². The smallest absolute Gasteiger partial charge is 0.302 e. The molecule has 152 valence electrons. The lowest BCUT2D eigenvalue weighted by Crippen LogP contribution is -2.08. The van der Waals surface area contributed by atoms with Crippen molar-refractivity contribution < 1.29 is 14.3 Å². The molecule has 0 fully saturated rings. The van der Waals surface area contributed by atoms with Crippen molar-refractivity contribution in [1.29, 1.82) is 0 Å². The summed E-state index contributed by atoms with van der Waals surface area (Å²) in [6.45, 7) is 5.04. The molecule has 0 N–H and O–H groups in total. The maximum absolute atomic E-state index is 9.82. The molecule has 0 unspecified atom stereocenters. The van der Waals surface area contributed by atoms with Gasteiger partial charge in [-0.25, -0.2) is 0 Å². The Bertz CT molecular complexity index is 919. The van der Waals surface area contributed by atoms with Crippen molar-refractivity contribution in [2.45, 2.75) is 39.7 Å². The molecule has 3 aromatic rings. The highest BCUT2D eigenvalue weighted by atomic mass is 16.5. The van der Waals surface area contributed by atoms with Crippen LogP contribution in [0.15, 0.2) is 60.8 Å². The monoisotopic (exact) mass is 392 g/mol. The van der Waals surface area contributed by atoms with E-state index in [1.807, 2.05) is 35.1 Å². The lowest BCUT2D eigenvalue weighted by atomic mass is 10.1. The van der Waals surface area contributed by atoms with Crippen LogP contribution in [0.4, 0.5) is 0 Å². The van der Waals surface area contributed by atoms with Crippen LogP contribution >= 0.6 is 0 Å². The molecule has 0 aliphatic heterocycles. The first-order valence-electron chi connectivity index (χ1n) is 10.1. The van der Waals surface area contributed by atoms with Crippen molar-refractivity contribution in [2.24, 2.45) is 0 Å². The molecule has 0 amide bonds. The molecule has 1 aromatic heterocycles. The molecule has 5 nitrogen and oxygen atoms in total. The van der Waals surface area contributed by atoms with Gasteiger partial charge in [0.25, 0.3) is 0 Å². The largest absolute Gasteiger partial charge is 0.492 e. The molecule has 2 aromatic carbocycles. The molecule has 0 saturated carbocycles. The summed E-state index contributed by atoms with van der Waals surface area (Å²) < 4.78 is 12.2. The van der Waals surface area contributed by atoms with Gasteiger partial charge in [-0.05, 0) is 55.5 Å². The van der Waals surface area contributed by atoms with Crippen LogP contribution in [0.3, 0.4) is 0 Å². The Balaban J connectivity index is 0.000000353. The predicted molar refractivity (Wildman–Crippen MR) is 114 cm³/mol. The second-order valence-electron chi connectivity index (χ2n) is 6.89. The van der Waals surface area contributed by atoms with Crippen molar-refractivity contribution in [1.82, 2.24) is 9.78 Å². The quantitative estimate of drug-likeness (QED) is 0.571. The molecular weight excluding hydrogens is 364 g/mol. The van der Waals surface area contributed by atoms with Gasteiger partial charge in [0.1, 0.15) is 12.4 Å². The van der Waals surface area contributed by atoms with Crippen molar-refractivity contribution >= 4 is 5.97 Å². The van der Waals surface area contributed by atoms with E-state index in [1.165, 1.54) is 37.3 Å². The Hall–Kier alpha value is -3.08. The summed E-state index contributed by atoms with van der Waals surface area (Å²) in [5, 5.41) is 4.61. The number of ether oxygens (including phenoxy) is 2. The van der Waals surface area contributed by atoms with Gasteiger partial charge in [0.15, 0.2) is 0 Å². The third-order valence-corrected chi connectivity index (χ3v) is 4.72. The van der Waals surface area contributed by atoms with Gasteiger partial charge in [0.2, 0.25) is 0 Å². The summed E-state index contributed by atoms with van der Waals surface area (Å²) in [7, 11) is 0. The van der Waals surface area contributed by atoms with Gasteiger partial charge in [0, 0.05) is 18.7 Å². The summed E-state index contributed by atoms with van der Waals surface area (Å²) >= 11 is 0. The van der Waals surface area contributed by atoms with Gasteiger partial charge < -0.3 is 9.47 Å². The van der Waals surface area contributed by atoms with Gasteiger partial charge in [-0.3, -0.25) is 9.48 Å². The molecule has 1 aliphatic carbocycles. The number of carbonyl (C=O) groups is 1. The van der Waals surface area contributed by atoms with Crippen LogP contribution in [0, 0.1) is 0 Å². The third kappa shape index (κ3) is 6.21. The Morgan fingerprint density at radius 2 is 1.86 bits per heavy atom. The maximum Gasteiger partial charge on any atom is 0.302 e. The van der Waals surface area contributed by atoms with Gasteiger partial charge in [-0.1, -0.05) is 36.4 Å². The number of rotatable bonds is 6. The fourth-order valence-corrected chi connectivity index (χ4v) is 3.35. The lowest BCUT2D eigenvalue weighted by Gasteiger charge is -2.08. The maximum atomic E-state index is 9.82. The number of benzene rings is 2. The fourth-order valence-electron chi connectivity index (χ4n) is 3.35. The Morgan fingerprint density at radius 3 is 2.59 bits per heavy atom. The normalized spacial score (nSPS) is 11.9. The summed E-state index contributed by atoms with van der Waals surface area (Å²) in [6.07, 6.45) is 5.68. The molecule has 1 heterocycles. The number of aromatic nitrogens is 2. The van der Waals surface area contributed by atoms with Crippen molar-refractivity contribution in [3.05, 3.63) is 71.9 Å². The second-order valence-corrected chi connectivity index (χ2v) is 6.89. The number of esters is 1. The first kappa shape index (κ1) is 20.6. The van der Waals surface area contributed by atoms with Crippen LogP contribution in [0.5, 0.6) is 5.75 Å². The highest BCUT2D eigenvalue weighted by Gasteiger charge is 2.11. The van der Waals surface area contributed by atoms with E-state index in [-0.39, 0.29) is 5.97 Å². The minimum absolute atomic E-state index is 0.211. The first-order valence-corrected chi connectivity index (χ1v) is 10.1. The van der Waals surface area contributed by atoms with E-state index in [0.717, 1.165) is 23.6 Å². The molecular formula is C24H28N2O3. The molecule has 0 radical (unpaired) electrons. The van der Waals surface area contributed by atoms with Crippen molar-refractivity contribution in [3.63, 3.8) is 0 Å². The van der Waals surface area contributed by atoms with E-state index < -0.39 is 0 Å². The van der Waals surface area contributed by atoms with Crippen LogP contribution in [0.2, 0.25) is 0 Å². The van der Waals surface area contributed by atoms with E-state index in [1.54, 1.807) is 6.92 Å². The van der Waals surface area contributed by atoms with Crippen molar-refractivity contribution in [2.75, 3.05) is 13.2 Å². The highest BCUT2D eigenvalue weighted by molar-refractivity contribution is 5.65. The Morgan fingerprint density at radius 1 is 1.07 bits per heavy atom. The van der Waals surface area contributed by atoms with Gasteiger partial charge in [0.05, 0.1) is 18.8 Å². The Kier molecular flexibility index (Phi) is 7.45. The number of carbonyl (C=O) groups excluding carboxylic acids is 1. The van der Waals surface area contributed by atoms with Gasteiger partial charge in [-0.2, -0.15) is 5.10 Å². The molecule has 0 saturated heterocycles. The van der Waals surface area contributed by atoms with E-state index in [4.69, 9.17) is 4.74 Å². The summed E-state index contributed by atoms with van der Waals surface area (Å²) in [5.41, 5.74) is 5.08. The minimum atomic E-state index is -0.211. The highest BCUT2D eigenvalue weighted by Crippen LogP contribution is 2.26. The van der Waals surface area contributed by atoms with E-state index in [9.17, 15) is 4.79 Å². The van der Waals surface area contributed by atoms with Crippen LogP contribution in [-0.4, -0.2) is 29.0 Å². The summed E-state index contributed by atoms with van der Waals surface area (Å²) in [4.78, 5) is 9.82. The molecule has 0 bridgehead atoms. The number of aryl methyl sites for hydroxylation is 2. The van der Waals surface area contributed by atoms with Gasteiger partial charge >= 0.3 is 5.97 Å². The molecule has 1 aliphatic rings. The zero-order valence-corrected chi connectivity index (χ0v) is 17.1. The minimum Gasteiger partial charge on any atom is -0.492 e. The first-order chi connectivity index (χ1) is 14.2. The number of nitrogens with zero attached hydrogens (tertiary/aromatic N) is 2. The van der Waals surface area contributed by atoms with Crippen LogP contribution in [0.1, 0.15) is 31.4 Å². The van der Waals surface area contributed by atoms with E-state index in [2.05, 4.69) is 40.2 Å². The number of fused-ring (bicyclic) bond motifs is 1. The second kappa shape index (κ2) is 10.5. The zero-order valence-electron chi connectivity index (χ0n) is 17.1. The fraction of sp³-hybridized carbons (Fsp3) is 0.333. The molecule has 0 spiro atoms. The lowest BCUT2D eigenvalue weighted by molar-refractivity contribution is -0.140. The van der Waals surface area contributed by atoms with Gasteiger partial charge in [-0.15, -0.1) is 0 Å². The van der Waals surface area contributed by atoms with Crippen LogP contribution in [0.25, 0.3) is 11.3 Å². The summed E-state index contributed by atoms with van der Waals surface area (Å²) in [6, 6.07) is 18.8. The zero-order chi connectivity index (χ0) is 20.5. The van der Waals surface area contributed by atoms with Crippen molar-refractivity contribution in [3.8, 4) is 17.0 Å². The SMILES string of the molecule is CCOC(C)=O.c1ccc(-c2ccn(CCOc3ccc4c(c3)CCC4)n2)cc1. The van der Waals surface area contributed by atoms with Crippen LogP contribution in [-0.2, 0) is 28.9 Å². The predicted octanol–water partition coefficient (Wildman–Crippen LogP) is 4.69. The molecule has 29 heavy (non-hydrogen) atoms. The number of hydrogen-bond acceptors (Lipinski definition) is 4. The average Bonchev–Trinajstić information content (AvgIpc) is 3.38. The molecule has 5 heteroatoms. The van der Waals surface area contributed by atoms with E-state index >= 15 is 0 Å². The topological polar surface area (TPSA) is 53.4 Å².